The van der Waals surface area contributed by atoms with E-state index < -0.39 is 12.0 Å². The number of anilines is 2. The highest BCUT2D eigenvalue weighted by molar-refractivity contribution is 9.10. The molecule has 3 rings (SSSR count). The van der Waals surface area contributed by atoms with Crippen LogP contribution in [0, 0.1) is 0 Å². The first kappa shape index (κ1) is 13.6. The summed E-state index contributed by atoms with van der Waals surface area (Å²) < 4.78 is 0.884. The second kappa shape index (κ2) is 5.21. The molecule has 21 heavy (non-hydrogen) atoms. The molecule has 0 radical (unpaired) electrons. The summed E-state index contributed by atoms with van der Waals surface area (Å²) in [6.07, 6.45) is 0. The van der Waals surface area contributed by atoms with Gasteiger partial charge >= 0.3 is 5.97 Å². The predicted octanol–water partition coefficient (Wildman–Crippen LogP) is 3.25. The Hall–Kier alpha value is -2.34. The summed E-state index contributed by atoms with van der Waals surface area (Å²) in [6, 6.07) is 11.4. The molecule has 0 aliphatic carbocycles. The summed E-state index contributed by atoms with van der Waals surface area (Å²) in [5.41, 5.74) is 2.35. The molecule has 1 heterocycles. The summed E-state index contributed by atoms with van der Waals surface area (Å²) in [5, 5.41) is 14.9. The van der Waals surface area contributed by atoms with Crippen molar-refractivity contribution in [1.29, 1.82) is 0 Å². The van der Waals surface area contributed by atoms with Gasteiger partial charge in [-0.05, 0) is 30.3 Å². The molecule has 5 nitrogen and oxygen atoms in total. The van der Waals surface area contributed by atoms with Crippen LogP contribution in [0.25, 0.3) is 0 Å². The molecule has 0 aromatic heterocycles. The van der Waals surface area contributed by atoms with Gasteiger partial charge < -0.3 is 15.7 Å². The van der Waals surface area contributed by atoms with Gasteiger partial charge in [-0.2, -0.15) is 0 Å². The second-order valence-corrected chi connectivity index (χ2v) is 5.60. The van der Waals surface area contributed by atoms with E-state index in [4.69, 9.17) is 5.11 Å². The predicted molar refractivity (Wildman–Crippen MR) is 82.5 cm³/mol. The fourth-order valence-corrected chi connectivity index (χ4v) is 2.65. The summed E-state index contributed by atoms with van der Waals surface area (Å²) >= 11 is 3.36. The van der Waals surface area contributed by atoms with Crippen molar-refractivity contribution >= 4 is 39.2 Å². The third kappa shape index (κ3) is 2.62. The van der Waals surface area contributed by atoms with Crippen LogP contribution in [0.4, 0.5) is 11.4 Å². The molecule has 0 saturated heterocycles. The Bertz CT molecular complexity index is 745. The van der Waals surface area contributed by atoms with E-state index in [1.54, 1.807) is 12.1 Å². The van der Waals surface area contributed by atoms with Gasteiger partial charge in [0.25, 0.3) is 5.91 Å². The molecule has 106 valence electrons. The SMILES string of the molecule is O=C(O)c1cccc(NC2C(=O)Nc3cc(Br)ccc32)c1. The minimum Gasteiger partial charge on any atom is -0.478 e. The summed E-state index contributed by atoms with van der Waals surface area (Å²) in [7, 11) is 0. The molecule has 0 saturated carbocycles. The smallest absolute Gasteiger partial charge is 0.335 e. The molecule has 1 unspecified atom stereocenters. The molecule has 1 aliphatic heterocycles. The number of hydrogen-bond acceptors (Lipinski definition) is 3. The van der Waals surface area contributed by atoms with Crippen LogP contribution in [-0.4, -0.2) is 17.0 Å². The van der Waals surface area contributed by atoms with Crippen LogP contribution >= 0.6 is 15.9 Å². The lowest BCUT2D eigenvalue weighted by Crippen LogP contribution is -2.19. The molecule has 0 spiro atoms. The van der Waals surface area contributed by atoms with E-state index in [0.29, 0.717) is 5.69 Å². The van der Waals surface area contributed by atoms with Crippen molar-refractivity contribution in [3.8, 4) is 0 Å². The minimum absolute atomic E-state index is 0.163. The highest BCUT2D eigenvalue weighted by Gasteiger charge is 2.30. The van der Waals surface area contributed by atoms with Crippen LogP contribution in [0.5, 0.6) is 0 Å². The number of hydrogen-bond donors (Lipinski definition) is 3. The van der Waals surface area contributed by atoms with Gasteiger partial charge in [0.15, 0.2) is 0 Å². The van der Waals surface area contributed by atoms with Crippen LogP contribution in [0.2, 0.25) is 0 Å². The molecule has 2 aromatic carbocycles. The molecule has 1 amide bonds. The monoisotopic (exact) mass is 346 g/mol. The largest absolute Gasteiger partial charge is 0.478 e. The van der Waals surface area contributed by atoms with Crippen LogP contribution in [0.1, 0.15) is 22.0 Å². The Labute approximate surface area is 129 Å². The van der Waals surface area contributed by atoms with Gasteiger partial charge in [0, 0.05) is 21.4 Å². The highest BCUT2D eigenvalue weighted by atomic mass is 79.9. The van der Waals surface area contributed by atoms with Gasteiger partial charge in [-0.1, -0.05) is 28.1 Å². The lowest BCUT2D eigenvalue weighted by Gasteiger charge is -2.13. The summed E-state index contributed by atoms with van der Waals surface area (Å²) in [5.74, 6) is -1.16. The van der Waals surface area contributed by atoms with Crippen molar-refractivity contribution in [3.63, 3.8) is 0 Å². The number of benzene rings is 2. The fraction of sp³-hybridized carbons (Fsp3) is 0.0667. The Morgan fingerprint density at radius 2 is 2.05 bits per heavy atom. The molecular weight excluding hydrogens is 336 g/mol. The lowest BCUT2D eigenvalue weighted by molar-refractivity contribution is -0.116. The van der Waals surface area contributed by atoms with Crippen LogP contribution < -0.4 is 10.6 Å². The van der Waals surface area contributed by atoms with E-state index in [1.165, 1.54) is 12.1 Å². The van der Waals surface area contributed by atoms with Gasteiger partial charge in [-0.15, -0.1) is 0 Å². The number of fused-ring (bicyclic) bond motifs is 1. The van der Waals surface area contributed by atoms with Gasteiger partial charge in [0.05, 0.1) is 5.56 Å². The average molecular weight is 347 g/mol. The van der Waals surface area contributed by atoms with E-state index >= 15 is 0 Å². The van der Waals surface area contributed by atoms with Crippen LogP contribution in [0.15, 0.2) is 46.9 Å². The van der Waals surface area contributed by atoms with Crippen molar-refractivity contribution in [2.24, 2.45) is 0 Å². The van der Waals surface area contributed by atoms with E-state index in [1.807, 2.05) is 18.2 Å². The second-order valence-electron chi connectivity index (χ2n) is 4.68. The molecule has 6 heteroatoms. The zero-order chi connectivity index (χ0) is 15.0. The van der Waals surface area contributed by atoms with Crippen molar-refractivity contribution in [3.05, 3.63) is 58.1 Å². The zero-order valence-electron chi connectivity index (χ0n) is 10.8. The number of carboxylic acids is 1. The quantitative estimate of drug-likeness (QED) is 0.796. The maximum atomic E-state index is 12.1. The minimum atomic E-state index is -1.00. The first-order chi connectivity index (χ1) is 10.0. The molecule has 1 atom stereocenters. The number of nitrogens with one attached hydrogen (secondary N) is 2. The number of carbonyl (C=O) groups excluding carboxylic acids is 1. The summed E-state index contributed by atoms with van der Waals surface area (Å²) in [6.45, 7) is 0. The third-order valence-corrected chi connectivity index (χ3v) is 3.76. The Kier molecular flexibility index (Phi) is 3.39. The Morgan fingerprint density at radius 1 is 1.24 bits per heavy atom. The maximum absolute atomic E-state index is 12.1. The van der Waals surface area contributed by atoms with Gasteiger partial charge in [-0.25, -0.2) is 4.79 Å². The number of amides is 1. The van der Waals surface area contributed by atoms with Gasteiger partial charge in [0.2, 0.25) is 0 Å². The van der Waals surface area contributed by atoms with E-state index in [9.17, 15) is 9.59 Å². The average Bonchev–Trinajstić information content (AvgIpc) is 2.74. The van der Waals surface area contributed by atoms with Crippen molar-refractivity contribution in [2.45, 2.75) is 6.04 Å². The van der Waals surface area contributed by atoms with E-state index in [0.717, 1.165) is 15.7 Å². The number of carbonyl (C=O) groups is 2. The third-order valence-electron chi connectivity index (χ3n) is 3.27. The number of rotatable bonds is 3. The van der Waals surface area contributed by atoms with Gasteiger partial charge in [0.1, 0.15) is 6.04 Å². The van der Waals surface area contributed by atoms with Crippen molar-refractivity contribution in [1.82, 2.24) is 0 Å². The fourth-order valence-electron chi connectivity index (χ4n) is 2.29. The topological polar surface area (TPSA) is 78.4 Å². The summed E-state index contributed by atoms with van der Waals surface area (Å²) in [4.78, 5) is 23.0. The van der Waals surface area contributed by atoms with Crippen LogP contribution in [0.3, 0.4) is 0 Å². The van der Waals surface area contributed by atoms with Crippen molar-refractivity contribution < 1.29 is 14.7 Å². The first-order valence-corrected chi connectivity index (χ1v) is 7.04. The number of carboxylic acid groups (broad SMARTS) is 1. The highest BCUT2D eigenvalue weighted by Crippen LogP contribution is 2.35. The van der Waals surface area contributed by atoms with E-state index in [2.05, 4.69) is 26.6 Å². The van der Waals surface area contributed by atoms with E-state index in [-0.39, 0.29) is 11.5 Å². The van der Waals surface area contributed by atoms with Crippen molar-refractivity contribution in [2.75, 3.05) is 10.6 Å². The standard InChI is InChI=1S/C15H11BrN2O3/c16-9-4-5-11-12(7-9)18-14(19)13(11)17-10-3-1-2-8(6-10)15(20)21/h1-7,13,17H,(H,18,19)(H,20,21). The van der Waals surface area contributed by atoms with Crippen LogP contribution in [-0.2, 0) is 4.79 Å². The van der Waals surface area contributed by atoms with Gasteiger partial charge in [-0.3, -0.25) is 4.79 Å². The zero-order valence-corrected chi connectivity index (χ0v) is 12.3. The maximum Gasteiger partial charge on any atom is 0.335 e. The Morgan fingerprint density at radius 3 is 2.81 bits per heavy atom. The molecule has 0 fully saturated rings. The first-order valence-electron chi connectivity index (χ1n) is 6.25. The molecular formula is C15H11BrN2O3. The molecule has 0 bridgehead atoms. The Balaban J connectivity index is 1.91. The number of halogens is 1. The molecule has 1 aliphatic rings. The molecule has 3 N–H and O–H groups in total. The molecule has 2 aromatic rings. The number of aromatic carboxylic acids is 1. The lowest BCUT2D eigenvalue weighted by atomic mass is 10.1. The normalized spacial score (nSPS) is 16.2.